The van der Waals surface area contributed by atoms with Crippen LogP contribution in [0.15, 0.2) is 42.5 Å². The second kappa shape index (κ2) is 6.55. The van der Waals surface area contributed by atoms with Crippen molar-refractivity contribution in [2.24, 2.45) is 5.41 Å². The molecule has 0 bridgehead atoms. The Hall–Kier alpha value is -3.02. The molecule has 1 saturated carbocycles. The van der Waals surface area contributed by atoms with E-state index < -0.39 is 5.41 Å². The Morgan fingerprint density at radius 1 is 0.929 bits per heavy atom. The highest BCUT2D eigenvalue weighted by molar-refractivity contribution is 6.17. The molecule has 1 aliphatic carbocycles. The number of nitrogens with one attached hydrogen (secondary N) is 2. The molecule has 0 spiro atoms. The summed E-state index contributed by atoms with van der Waals surface area (Å²) in [4.78, 5) is 25.8. The normalized spacial score (nSPS) is 16.4. The molecule has 6 heteroatoms. The van der Waals surface area contributed by atoms with Gasteiger partial charge >= 0.3 is 0 Å². The average Bonchev–Trinajstić information content (AvgIpc) is 3.34. The maximum atomic E-state index is 13.0. The van der Waals surface area contributed by atoms with Gasteiger partial charge in [-0.3, -0.25) is 9.59 Å². The summed E-state index contributed by atoms with van der Waals surface area (Å²) in [5.41, 5.74) is 1.23. The van der Waals surface area contributed by atoms with Gasteiger partial charge in [0.2, 0.25) is 18.6 Å². The van der Waals surface area contributed by atoms with Crippen molar-refractivity contribution in [3.63, 3.8) is 0 Å². The van der Waals surface area contributed by atoms with E-state index in [1.807, 2.05) is 24.3 Å². The maximum Gasteiger partial charge on any atom is 0.240 e. The van der Waals surface area contributed by atoms with Crippen molar-refractivity contribution in [1.29, 1.82) is 0 Å². The molecular formula is C22H24N2O4. The molecule has 2 amide bonds. The number of anilines is 2. The molecule has 1 fully saturated rings. The number of carbonyl (C=O) groups is 2. The topological polar surface area (TPSA) is 76.7 Å². The number of rotatable bonds is 4. The van der Waals surface area contributed by atoms with Gasteiger partial charge in [-0.2, -0.15) is 0 Å². The number of hydrogen-bond donors (Lipinski definition) is 2. The molecule has 28 heavy (non-hydrogen) atoms. The smallest absolute Gasteiger partial charge is 0.240 e. The minimum Gasteiger partial charge on any atom is -0.454 e. The van der Waals surface area contributed by atoms with Crippen LogP contribution in [0, 0.1) is 5.41 Å². The number of amides is 2. The van der Waals surface area contributed by atoms with Crippen LogP contribution in [-0.2, 0) is 15.0 Å². The van der Waals surface area contributed by atoms with Crippen LogP contribution in [0.3, 0.4) is 0 Å². The van der Waals surface area contributed by atoms with Gasteiger partial charge in [-0.15, -0.1) is 0 Å². The van der Waals surface area contributed by atoms with E-state index in [4.69, 9.17) is 9.47 Å². The van der Waals surface area contributed by atoms with Gasteiger partial charge in [0.1, 0.15) is 5.41 Å². The summed E-state index contributed by atoms with van der Waals surface area (Å²) in [5.74, 6) is 0.682. The van der Waals surface area contributed by atoms with E-state index >= 15 is 0 Å². The molecule has 0 radical (unpaired) electrons. The van der Waals surface area contributed by atoms with Gasteiger partial charge in [-0.05, 0) is 42.0 Å². The lowest BCUT2D eigenvalue weighted by Crippen LogP contribution is -2.36. The number of para-hydroxylation sites is 1. The highest BCUT2D eigenvalue weighted by Gasteiger charge is 2.56. The monoisotopic (exact) mass is 380 g/mol. The van der Waals surface area contributed by atoms with Gasteiger partial charge in [0.05, 0.1) is 0 Å². The molecule has 2 N–H and O–H groups in total. The van der Waals surface area contributed by atoms with Gasteiger partial charge in [-0.1, -0.05) is 39.0 Å². The Bertz CT molecular complexity index is 942. The molecule has 0 aromatic heterocycles. The Kier molecular flexibility index (Phi) is 4.29. The summed E-state index contributed by atoms with van der Waals surface area (Å²) in [6.07, 6.45) is 1.07. The average molecular weight is 380 g/mol. The predicted molar refractivity (Wildman–Crippen MR) is 107 cm³/mol. The molecule has 2 aromatic rings. The van der Waals surface area contributed by atoms with Crippen LogP contribution in [0.4, 0.5) is 11.4 Å². The summed E-state index contributed by atoms with van der Waals surface area (Å²) < 4.78 is 10.6. The first kappa shape index (κ1) is 18.3. The SMILES string of the molecule is CC(C)(C)c1ccccc1NC(=O)C1(C(=O)Nc2ccc3c(c2)OCO3)CC1. The molecule has 0 saturated heterocycles. The summed E-state index contributed by atoms with van der Waals surface area (Å²) in [6.45, 7) is 6.46. The molecule has 4 rings (SSSR count). The second-order valence-corrected chi connectivity index (χ2v) is 8.35. The molecule has 2 aliphatic rings. The first-order valence-corrected chi connectivity index (χ1v) is 9.42. The van der Waals surface area contributed by atoms with Gasteiger partial charge < -0.3 is 20.1 Å². The zero-order valence-corrected chi connectivity index (χ0v) is 16.3. The molecule has 2 aromatic carbocycles. The minimum absolute atomic E-state index is 0.116. The number of ether oxygens (including phenoxy) is 2. The third-order valence-corrected chi connectivity index (χ3v) is 5.23. The van der Waals surface area contributed by atoms with E-state index in [1.165, 1.54) is 0 Å². The molecule has 6 nitrogen and oxygen atoms in total. The first-order valence-electron chi connectivity index (χ1n) is 9.42. The molecule has 0 atom stereocenters. The van der Waals surface area contributed by atoms with Crippen molar-refractivity contribution in [2.75, 3.05) is 17.4 Å². The maximum absolute atomic E-state index is 13.0. The molecular weight excluding hydrogens is 356 g/mol. The summed E-state index contributed by atoms with van der Waals surface area (Å²) in [5, 5.41) is 5.83. The lowest BCUT2D eigenvalue weighted by molar-refractivity contribution is -0.131. The minimum atomic E-state index is -1.03. The zero-order valence-electron chi connectivity index (χ0n) is 16.3. The van der Waals surface area contributed by atoms with Crippen molar-refractivity contribution < 1.29 is 19.1 Å². The fourth-order valence-corrected chi connectivity index (χ4v) is 3.40. The highest BCUT2D eigenvalue weighted by atomic mass is 16.7. The zero-order chi connectivity index (χ0) is 19.9. The molecule has 0 unspecified atom stereocenters. The van der Waals surface area contributed by atoms with E-state index in [2.05, 4.69) is 31.4 Å². The molecule has 146 valence electrons. The van der Waals surface area contributed by atoms with Crippen LogP contribution in [0.25, 0.3) is 0 Å². The summed E-state index contributed by atoms with van der Waals surface area (Å²) in [7, 11) is 0. The van der Waals surface area contributed by atoms with Gasteiger partial charge in [0.15, 0.2) is 11.5 Å². The van der Waals surface area contributed by atoms with Gasteiger partial charge in [0.25, 0.3) is 0 Å². The number of benzene rings is 2. The lowest BCUT2D eigenvalue weighted by atomic mass is 9.85. The second-order valence-electron chi connectivity index (χ2n) is 8.35. The Morgan fingerprint density at radius 3 is 2.32 bits per heavy atom. The van der Waals surface area contributed by atoms with E-state index in [0.29, 0.717) is 30.0 Å². The molecule has 1 aliphatic heterocycles. The van der Waals surface area contributed by atoms with Crippen LogP contribution >= 0.6 is 0 Å². The Labute approximate surface area is 164 Å². The standard InChI is InChI=1S/C22H24N2O4/c1-21(2,3)15-6-4-5-7-16(15)24-20(26)22(10-11-22)19(25)23-14-8-9-17-18(12-14)28-13-27-17/h4-9,12H,10-11,13H2,1-3H3,(H,23,25)(H,24,26). The van der Waals surface area contributed by atoms with Crippen LogP contribution in [0.2, 0.25) is 0 Å². The van der Waals surface area contributed by atoms with Crippen molar-refractivity contribution >= 4 is 23.2 Å². The summed E-state index contributed by atoms with van der Waals surface area (Å²) >= 11 is 0. The van der Waals surface area contributed by atoms with Crippen molar-refractivity contribution in [3.8, 4) is 11.5 Å². The number of hydrogen-bond acceptors (Lipinski definition) is 4. The molecule has 1 heterocycles. The van der Waals surface area contributed by atoms with E-state index in [1.54, 1.807) is 18.2 Å². The predicted octanol–water partition coefficient (Wildman–Crippen LogP) is 4.07. The van der Waals surface area contributed by atoms with E-state index in [0.717, 1.165) is 11.3 Å². The number of carbonyl (C=O) groups excluding carboxylic acids is 2. The fraction of sp³-hybridized carbons (Fsp3) is 0.364. The number of fused-ring (bicyclic) bond motifs is 1. The van der Waals surface area contributed by atoms with Crippen LogP contribution in [-0.4, -0.2) is 18.6 Å². The Morgan fingerprint density at radius 2 is 1.61 bits per heavy atom. The largest absolute Gasteiger partial charge is 0.454 e. The van der Waals surface area contributed by atoms with Crippen molar-refractivity contribution in [3.05, 3.63) is 48.0 Å². The van der Waals surface area contributed by atoms with Gasteiger partial charge in [0, 0.05) is 17.4 Å². The summed E-state index contributed by atoms with van der Waals surface area (Å²) in [6, 6.07) is 12.9. The third-order valence-electron chi connectivity index (χ3n) is 5.23. The third kappa shape index (κ3) is 3.30. The van der Waals surface area contributed by atoms with Crippen LogP contribution < -0.4 is 20.1 Å². The fourth-order valence-electron chi connectivity index (χ4n) is 3.40. The highest BCUT2D eigenvalue weighted by Crippen LogP contribution is 2.48. The van der Waals surface area contributed by atoms with Crippen molar-refractivity contribution in [1.82, 2.24) is 0 Å². The van der Waals surface area contributed by atoms with E-state index in [9.17, 15) is 9.59 Å². The quantitative estimate of drug-likeness (QED) is 0.784. The van der Waals surface area contributed by atoms with Crippen LogP contribution in [0.1, 0.15) is 39.2 Å². The van der Waals surface area contributed by atoms with E-state index in [-0.39, 0.29) is 24.0 Å². The van der Waals surface area contributed by atoms with Crippen LogP contribution in [0.5, 0.6) is 11.5 Å². The van der Waals surface area contributed by atoms with Crippen molar-refractivity contribution in [2.45, 2.75) is 39.0 Å². The first-order chi connectivity index (χ1) is 13.3. The lowest BCUT2D eigenvalue weighted by Gasteiger charge is -2.24. The van der Waals surface area contributed by atoms with Gasteiger partial charge in [-0.25, -0.2) is 0 Å². The Balaban J connectivity index is 1.50.